The van der Waals surface area contributed by atoms with Crippen LogP contribution in [0.4, 0.5) is 13.2 Å². The highest BCUT2D eigenvalue weighted by Gasteiger charge is 2.42. The van der Waals surface area contributed by atoms with Gasteiger partial charge in [-0.25, -0.2) is 4.79 Å². The van der Waals surface area contributed by atoms with Gasteiger partial charge < -0.3 is 19.5 Å². The van der Waals surface area contributed by atoms with E-state index >= 15 is 0 Å². The molecule has 0 unspecified atom stereocenters. The molecule has 2 aliphatic heterocycles. The van der Waals surface area contributed by atoms with Gasteiger partial charge in [-0.3, -0.25) is 9.69 Å². The van der Waals surface area contributed by atoms with Crippen molar-refractivity contribution in [3.05, 3.63) is 29.8 Å². The summed E-state index contributed by atoms with van der Waals surface area (Å²) in [6, 6.07) is 8.68. The van der Waals surface area contributed by atoms with Crippen LogP contribution in [-0.2, 0) is 20.9 Å². The van der Waals surface area contributed by atoms with E-state index in [0.29, 0.717) is 6.04 Å². The smallest absolute Gasteiger partial charge is 0.490 e. The number of carboxylic acids is 1. The molecular weight excluding hydrogens is 405 g/mol. The largest absolute Gasteiger partial charge is 0.497 e. The Balaban J connectivity index is 0.000000396. The number of fused-ring (bicyclic) bond motifs is 1. The first-order valence-electron chi connectivity index (χ1n) is 9.56. The second-order valence-corrected chi connectivity index (χ2v) is 7.45. The normalized spacial score (nSPS) is 23.7. The Hall–Kier alpha value is -2.33. The van der Waals surface area contributed by atoms with Crippen molar-refractivity contribution in [1.82, 2.24) is 9.80 Å². The molecule has 10 heteroatoms. The summed E-state index contributed by atoms with van der Waals surface area (Å²) in [6.45, 7) is 1.96. The van der Waals surface area contributed by atoms with Crippen molar-refractivity contribution in [2.75, 3.05) is 27.7 Å². The number of hydrogen-bond acceptors (Lipinski definition) is 5. The Morgan fingerprint density at radius 2 is 1.80 bits per heavy atom. The fraction of sp³-hybridized carbons (Fsp3) is 0.600. The van der Waals surface area contributed by atoms with Gasteiger partial charge in [0.25, 0.3) is 5.91 Å². The molecule has 168 valence electrons. The lowest BCUT2D eigenvalue weighted by atomic mass is 9.98. The summed E-state index contributed by atoms with van der Waals surface area (Å²) < 4.78 is 43.0. The van der Waals surface area contributed by atoms with Crippen LogP contribution < -0.4 is 4.74 Å². The highest BCUT2D eigenvalue weighted by Crippen LogP contribution is 2.33. The van der Waals surface area contributed by atoms with Crippen LogP contribution in [0.25, 0.3) is 0 Å². The average molecular weight is 432 g/mol. The van der Waals surface area contributed by atoms with Gasteiger partial charge in [0.05, 0.1) is 13.2 Å². The molecule has 2 fully saturated rings. The number of rotatable bonds is 4. The Bertz CT molecular complexity index is 724. The highest BCUT2D eigenvalue weighted by atomic mass is 19.4. The number of hydrogen-bond donors (Lipinski definition) is 1. The fourth-order valence-corrected chi connectivity index (χ4v) is 3.65. The summed E-state index contributed by atoms with van der Waals surface area (Å²) in [6.07, 6.45) is -2.29. The van der Waals surface area contributed by atoms with Gasteiger partial charge in [-0.1, -0.05) is 12.1 Å². The van der Waals surface area contributed by atoms with Gasteiger partial charge in [-0.2, -0.15) is 13.2 Å². The van der Waals surface area contributed by atoms with Crippen molar-refractivity contribution >= 4 is 11.9 Å². The molecule has 0 aliphatic carbocycles. The van der Waals surface area contributed by atoms with Crippen molar-refractivity contribution < 1.29 is 37.3 Å². The number of likely N-dealkylation sites (tertiary alicyclic amines) is 1. The number of ether oxygens (including phenoxy) is 2. The zero-order valence-electron chi connectivity index (χ0n) is 17.2. The lowest BCUT2D eigenvalue weighted by Crippen LogP contribution is -2.47. The Labute approximate surface area is 173 Å². The first-order chi connectivity index (χ1) is 14.0. The zero-order chi connectivity index (χ0) is 22.5. The van der Waals surface area contributed by atoms with E-state index in [0.717, 1.165) is 38.1 Å². The van der Waals surface area contributed by atoms with Gasteiger partial charge >= 0.3 is 12.1 Å². The number of likely N-dealkylation sites (N-methyl/N-ethyl adjacent to an activating group) is 1. The number of carboxylic acid groups (broad SMARTS) is 1. The maximum atomic E-state index is 12.1. The molecular formula is C20H27F3N2O5. The molecule has 30 heavy (non-hydrogen) atoms. The van der Waals surface area contributed by atoms with Gasteiger partial charge in [0.2, 0.25) is 0 Å². The van der Waals surface area contributed by atoms with Gasteiger partial charge in [0.15, 0.2) is 0 Å². The first-order valence-corrected chi connectivity index (χ1v) is 9.56. The molecule has 3 atom stereocenters. The van der Waals surface area contributed by atoms with Crippen molar-refractivity contribution in [3.63, 3.8) is 0 Å². The molecule has 3 rings (SSSR count). The zero-order valence-corrected chi connectivity index (χ0v) is 17.2. The summed E-state index contributed by atoms with van der Waals surface area (Å²) in [5, 5.41) is 7.12. The molecule has 0 spiro atoms. The number of methoxy groups -OCH3 is 1. The molecule has 0 radical (unpaired) electrons. The van der Waals surface area contributed by atoms with Crippen molar-refractivity contribution in [1.29, 1.82) is 0 Å². The molecule has 1 aromatic carbocycles. The van der Waals surface area contributed by atoms with E-state index in [4.69, 9.17) is 19.4 Å². The lowest BCUT2D eigenvalue weighted by Gasteiger charge is -2.36. The first kappa shape index (κ1) is 23.9. The molecule has 0 bridgehead atoms. The van der Waals surface area contributed by atoms with Crippen LogP contribution in [0, 0.1) is 0 Å². The highest BCUT2D eigenvalue weighted by molar-refractivity contribution is 5.80. The van der Waals surface area contributed by atoms with Gasteiger partial charge in [0, 0.05) is 33.2 Å². The number of nitrogens with zero attached hydrogens (tertiary/aromatic N) is 2. The predicted molar refractivity (Wildman–Crippen MR) is 102 cm³/mol. The number of alkyl halides is 3. The van der Waals surface area contributed by atoms with Crippen molar-refractivity contribution in [2.45, 2.75) is 50.2 Å². The van der Waals surface area contributed by atoms with Gasteiger partial charge in [0.1, 0.15) is 11.9 Å². The topological polar surface area (TPSA) is 79.3 Å². The monoisotopic (exact) mass is 432 g/mol. The third kappa shape index (κ3) is 6.33. The Morgan fingerprint density at radius 1 is 1.20 bits per heavy atom. The van der Waals surface area contributed by atoms with E-state index < -0.39 is 12.1 Å². The molecule has 1 aromatic rings. The Morgan fingerprint density at radius 3 is 2.30 bits per heavy atom. The maximum Gasteiger partial charge on any atom is 0.490 e. The van der Waals surface area contributed by atoms with E-state index in [9.17, 15) is 18.0 Å². The molecule has 2 aliphatic rings. The number of carbonyl (C=O) groups is 2. The van der Waals surface area contributed by atoms with Crippen LogP contribution in [0.5, 0.6) is 5.75 Å². The number of benzene rings is 1. The van der Waals surface area contributed by atoms with Crippen LogP contribution in [0.15, 0.2) is 24.3 Å². The predicted octanol–water partition coefficient (Wildman–Crippen LogP) is 2.54. The molecule has 0 saturated carbocycles. The summed E-state index contributed by atoms with van der Waals surface area (Å²) in [4.78, 5) is 25.1. The minimum atomic E-state index is -5.08. The number of aliphatic carboxylic acids is 1. The fourth-order valence-electron chi connectivity index (χ4n) is 3.65. The van der Waals surface area contributed by atoms with Crippen molar-refractivity contribution in [2.24, 2.45) is 0 Å². The van der Waals surface area contributed by atoms with Crippen LogP contribution in [-0.4, -0.2) is 79.0 Å². The Kier molecular flexibility index (Phi) is 8.08. The van der Waals surface area contributed by atoms with Crippen molar-refractivity contribution in [3.8, 4) is 5.75 Å². The molecule has 1 amide bonds. The number of halogens is 3. The van der Waals surface area contributed by atoms with Crippen LogP contribution in [0.2, 0.25) is 0 Å². The van der Waals surface area contributed by atoms with E-state index in [-0.39, 0.29) is 18.1 Å². The number of carbonyl (C=O) groups excluding carboxylic acids is 1. The maximum absolute atomic E-state index is 12.1. The second-order valence-electron chi connectivity index (χ2n) is 7.45. The van der Waals surface area contributed by atoms with Crippen LogP contribution in [0.1, 0.15) is 24.8 Å². The summed E-state index contributed by atoms with van der Waals surface area (Å²) >= 11 is 0. The lowest BCUT2D eigenvalue weighted by molar-refractivity contribution is -0.192. The molecule has 0 aromatic heterocycles. The summed E-state index contributed by atoms with van der Waals surface area (Å²) in [5.41, 5.74) is 1.29. The third-order valence-electron chi connectivity index (χ3n) is 5.17. The second kappa shape index (κ2) is 10.1. The quantitative estimate of drug-likeness (QED) is 0.788. The van der Waals surface area contributed by atoms with Crippen LogP contribution in [0.3, 0.4) is 0 Å². The number of amides is 1. The molecule has 2 heterocycles. The average Bonchev–Trinajstić information content (AvgIpc) is 3.09. The summed E-state index contributed by atoms with van der Waals surface area (Å²) in [7, 11) is 5.27. The SMILES string of the molecule is COc1ccc(CN2CC[C@H]3O[C@H](C(=O)N(C)C)CC[C@H]32)cc1.O=C(O)C(F)(F)F. The third-order valence-corrected chi connectivity index (χ3v) is 5.17. The molecule has 7 nitrogen and oxygen atoms in total. The minimum Gasteiger partial charge on any atom is -0.497 e. The van der Waals surface area contributed by atoms with E-state index in [1.54, 1.807) is 26.1 Å². The van der Waals surface area contributed by atoms with E-state index in [2.05, 4.69) is 17.0 Å². The summed E-state index contributed by atoms with van der Waals surface area (Å²) in [5.74, 6) is -1.77. The van der Waals surface area contributed by atoms with Crippen LogP contribution >= 0.6 is 0 Å². The standard InChI is InChI=1S/C18H26N2O3.C2HF3O2/c1-19(2)18(21)17-9-8-15-16(23-17)10-11-20(15)12-13-4-6-14(22-3)7-5-13;3-2(4,5)1(6)7/h4-7,15-17H,8-12H2,1-3H3;(H,6,7)/t15-,16-,17+;/m1./s1. The van der Waals surface area contributed by atoms with E-state index in [1.165, 1.54) is 5.56 Å². The van der Waals surface area contributed by atoms with Gasteiger partial charge in [-0.05, 0) is 37.0 Å². The molecule has 1 N–H and O–H groups in total. The van der Waals surface area contributed by atoms with E-state index in [1.807, 2.05) is 12.1 Å². The minimum absolute atomic E-state index is 0.0945. The van der Waals surface area contributed by atoms with Gasteiger partial charge in [-0.15, -0.1) is 0 Å². The molecule has 2 saturated heterocycles.